The Labute approximate surface area is 158 Å². The first-order valence-corrected chi connectivity index (χ1v) is 9.13. The van der Waals surface area contributed by atoms with Crippen molar-refractivity contribution in [1.29, 1.82) is 0 Å². The first-order valence-electron chi connectivity index (χ1n) is 9.13. The molecule has 1 aliphatic carbocycles. The first-order chi connectivity index (χ1) is 13.0. The second kappa shape index (κ2) is 4.65. The maximum Gasteiger partial charge on any atom is 0.509 e. The van der Waals surface area contributed by atoms with Crippen LogP contribution in [0.3, 0.4) is 0 Å². The number of carbonyl (C=O) groups excluding carboxylic acids is 2. The van der Waals surface area contributed by atoms with Crippen molar-refractivity contribution in [3.8, 4) is 0 Å². The number of aromatic nitrogens is 2. The number of hydrogen-bond donors (Lipinski definition) is 0. The molecule has 28 heavy (non-hydrogen) atoms. The van der Waals surface area contributed by atoms with Crippen LogP contribution in [0, 0.1) is 5.41 Å². The van der Waals surface area contributed by atoms with E-state index < -0.39 is 52.1 Å². The zero-order chi connectivity index (χ0) is 20.4. The molecule has 0 radical (unpaired) electrons. The largest absolute Gasteiger partial charge is 0.509 e. The zero-order valence-corrected chi connectivity index (χ0v) is 16.0. The predicted octanol–water partition coefficient (Wildman–Crippen LogP) is -1.28. The van der Waals surface area contributed by atoms with E-state index in [1.54, 1.807) is 20.8 Å². The quantitative estimate of drug-likeness (QED) is 0.510. The fraction of sp³-hybridized carbons (Fsp3) is 0.579. The van der Waals surface area contributed by atoms with Crippen LogP contribution in [-0.4, -0.2) is 44.5 Å². The fourth-order valence-electron chi connectivity index (χ4n) is 5.17. The van der Waals surface area contributed by atoms with Gasteiger partial charge in [-0.3, -0.25) is 19.0 Å². The fourth-order valence-corrected chi connectivity index (χ4v) is 5.17. The number of Topliss-reactive ketones (excluding diaryl/α,β-unsaturated/α-hetero) is 1. The Morgan fingerprint density at radius 3 is 2.46 bits per heavy atom. The van der Waals surface area contributed by atoms with Gasteiger partial charge in [-0.05, 0) is 13.0 Å². The molecule has 3 aliphatic heterocycles. The van der Waals surface area contributed by atoms with Crippen LogP contribution in [0.4, 0.5) is 4.79 Å². The van der Waals surface area contributed by atoms with Gasteiger partial charge in [0.2, 0.25) is 0 Å². The lowest BCUT2D eigenvalue weighted by Gasteiger charge is -2.28. The molecule has 4 aliphatic rings. The Balaban J connectivity index is 1.81. The number of nitrogens with zero attached hydrogens (tertiary/aromatic N) is 2. The van der Waals surface area contributed by atoms with E-state index in [0.29, 0.717) is 0 Å². The van der Waals surface area contributed by atoms with Crippen molar-refractivity contribution < 1.29 is 23.8 Å². The minimum atomic E-state index is -1.45. The summed E-state index contributed by atoms with van der Waals surface area (Å²) in [5.74, 6) is -0.203. The Morgan fingerprint density at radius 2 is 1.86 bits per heavy atom. The Kier molecular flexibility index (Phi) is 2.89. The summed E-state index contributed by atoms with van der Waals surface area (Å²) in [4.78, 5) is 51.1. The van der Waals surface area contributed by atoms with Gasteiger partial charge in [0.1, 0.15) is 10.7 Å². The van der Waals surface area contributed by atoms with Crippen LogP contribution in [0.5, 0.6) is 0 Å². The lowest BCUT2D eigenvalue weighted by molar-refractivity contribution is -0.145. The topological polar surface area (TPSA) is 106 Å². The molecule has 2 spiro atoms. The van der Waals surface area contributed by atoms with Crippen molar-refractivity contribution in [1.82, 2.24) is 9.13 Å². The SMILES string of the molecule is C=c1c(=O)n2c(c(=O)n1C)=C[C@@]13OC(=O)O[C@@H]1[C@@]1(C[C@@H]23)O[C@H](C)C(C)(C)C1=O. The van der Waals surface area contributed by atoms with Crippen molar-refractivity contribution in [3.05, 3.63) is 31.4 Å². The summed E-state index contributed by atoms with van der Waals surface area (Å²) >= 11 is 0. The number of fused-ring (bicyclic) bond motifs is 3. The molecule has 1 saturated carbocycles. The summed E-state index contributed by atoms with van der Waals surface area (Å²) in [6, 6.07) is -0.786. The molecule has 1 aromatic rings. The van der Waals surface area contributed by atoms with Crippen molar-refractivity contribution in [2.45, 2.75) is 56.6 Å². The van der Waals surface area contributed by atoms with E-state index in [4.69, 9.17) is 14.2 Å². The van der Waals surface area contributed by atoms with Gasteiger partial charge >= 0.3 is 6.16 Å². The molecule has 3 fully saturated rings. The third-order valence-electron chi connectivity index (χ3n) is 7.03. The molecule has 5 rings (SSSR count). The summed E-state index contributed by atoms with van der Waals surface area (Å²) < 4.78 is 19.5. The molecule has 0 aromatic carbocycles. The first kappa shape index (κ1) is 17.4. The highest BCUT2D eigenvalue weighted by atomic mass is 16.8. The zero-order valence-electron chi connectivity index (χ0n) is 16.0. The molecule has 9 nitrogen and oxygen atoms in total. The average Bonchev–Trinajstić information content (AvgIpc) is 3.25. The van der Waals surface area contributed by atoms with E-state index in [1.807, 2.05) is 0 Å². The Bertz CT molecular complexity index is 1210. The molecule has 5 atom stereocenters. The van der Waals surface area contributed by atoms with Crippen molar-refractivity contribution in [2.75, 3.05) is 0 Å². The highest BCUT2D eigenvalue weighted by Crippen LogP contribution is 2.60. The minimum absolute atomic E-state index is 0.00862. The normalized spacial score (nSPS) is 39.4. The van der Waals surface area contributed by atoms with E-state index in [2.05, 4.69) is 6.58 Å². The van der Waals surface area contributed by atoms with Gasteiger partial charge in [-0.15, -0.1) is 0 Å². The van der Waals surface area contributed by atoms with Gasteiger partial charge in [0.05, 0.1) is 17.6 Å². The van der Waals surface area contributed by atoms with Gasteiger partial charge in [0.25, 0.3) is 11.1 Å². The van der Waals surface area contributed by atoms with E-state index >= 15 is 0 Å². The van der Waals surface area contributed by atoms with Gasteiger partial charge < -0.3 is 18.8 Å². The maximum atomic E-state index is 13.4. The van der Waals surface area contributed by atoms with Gasteiger partial charge in [0.15, 0.2) is 23.1 Å². The molecule has 148 valence electrons. The van der Waals surface area contributed by atoms with Crippen LogP contribution in [0.15, 0.2) is 9.59 Å². The lowest BCUT2D eigenvalue weighted by atomic mass is 9.77. The third kappa shape index (κ3) is 1.60. The standard InChI is InChI=1S/C19H20N2O7/c1-8-12(22)21-10(13(23)20(8)5)6-18-11(21)7-19(15(18)26-16(25)28-18)14(24)17(3,4)9(2)27-19/h6,9,11,15H,1,7H2,2-5H3/t9-,11-,15+,18+,19+/m1/s1. The molecule has 4 heterocycles. The number of ketones is 1. The second-order valence-corrected chi connectivity index (χ2v) is 8.64. The van der Waals surface area contributed by atoms with E-state index in [-0.39, 0.29) is 22.9 Å². The van der Waals surface area contributed by atoms with Crippen LogP contribution in [0.25, 0.3) is 12.7 Å². The smallest absolute Gasteiger partial charge is 0.423 e. The molecular formula is C19H20N2O7. The molecule has 2 saturated heterocycles. The monoisotopic (exact) mass is 388 g/mol. The Morgan fingerprint density at radius 1 is 1.18 bits per heavy atom. The highest BCUT2D eigenvalue weighted by Gasteiger charge is 2.79. The maximum absolute atomic E-state index is 13.4. The molecule has 0 bridgehead atoms. The molecule has 9 heteroatoms. The summed E-state index contributed by atoms with van der Waals surface area (Å²) in [7, 11) is 1.45. The number of hydrogen-bond acceptors (Lipinski definition) is 7. The summed E-state index contributed by atoms with van der Waals surface area (Å²) in [6.07, 6.45) is -0.942. The number of ether oxygens (including phenoxy) is 3. The minimum Gasteiger partial charge on any atom is -0.423 e. The Hall–Kier alpha value is -2.68. The van der Waals surface area contributed by atoms with Crippen LogP contribution >= 0.6 is 0 Å². The molecular weight excluding hydrogens is 368 g/mol. The molecule has 0 N–H and O–H groups in total. The molecule has 0 unspecified atom stereocenters. The second-order valence-electron chi connectivity index (χ2n) is 8.64. The van der Waals surface area contributed by atoms with Crippen LogP contribution in [0.2, 0.25) is 0 Å². The summed E-state index contributed by atoms with van der Waals surface area (Å²) in [5.41, 5.74) is -4.59. The van der Waals surface area contributed by atoms with Gasteiger partial charge in [-0.25, -0.2) is 4.79 Å². The predicted molar refractivity (Wildman–Crippen MR) is 95.0 cm³/mol. The van der Waals surface area contributed by atoms with Gasteiger partial charge in [0, 0.05) is 13.5 Å². The van der Waals surface area contributed by atoms with Crippen molar-refractivity contribution in [2.24, 2.45) is 12.5 Å². The van der Waals surface area contributed by atoms with Crippen LogP contribution in [0.1, 0.15) is 33.2 Å². The average molecular weight is 388 g/mol. The molecule has 1 aromatic heterocycles. The summed E-state index contributed by atoms with van der Waals surface area (Å²) in [6.45, 7) is 9.04. The van der Waals surface area contributed by atoms with Crippen LogP contribution in [-0.2, 0) is 26.1 Å². The van der Waals surface area contributed by atoms with Gasteiger partial charge in [-0.1, -0.05) is 20.4 Å². The van der Waals surface area contributed by atoms with Crippen molar-refractivity contribution >= 4 is 24.6 Å². The van der Waals surface area contributed by atoms with Crippen molar-refractivity contribution in [3.63, 3.8) is 0 Å². The number of rotatable bonds is 0. The van der Waals surface area contributed by atoms with Gasteiger partial charge in [-0.2, -0.15) is 0 Å². The third-order valence-corrected chi connectivity index (χ3v) is 7.03. The van der Waals surface area contributed by atoms with E-state index in [1.165, 1.54) is 17.7 Å². The van der Waals surface area contributed by atoms with E-state index in [0.717, 1.165) is 4.57 Å². The van der Waals surface area contributed by atoms with E-state index in [9.17, 15) is 19.2 Å². The van der Waals surface area contributed by atoms with Crippen LogP contribution < -0.4 is 21.8 Å². The lowest BCUT2D eigenvalue weighted by Crippen LogP contribution is -2.56. The molecule has 0 amide bonds. The number of carbonyl (C=O) groups is 2. The highest BCUT2D eigenvalue weighted by molar-refractivity contribution is 5.97. The summed E-state index contributed by atoms with van der Waals surface area (Å²) in [5, 5.41) is 0.107.